The van der Waals surface area contributed by atoms with Crippen LogP contribution in [0.15, 0.2) is 30.5 Å². The smallest absolute Gasteiger partial charge is 0.252 e. The van der Waals surface area contributed by atoms with Gasteiger partial charge in [-0.25, -0.2) is 4.98 Å². The first kappa shape index (κ1) is 16.1. The van der Waals surface area contributed by atoms with Gasteiger partial charge in [0.25, 0.3) is 5.91 Å². The minimum Gasteiger partial charge on any atom is -0.346 e. The lowest BCUT2D eigenvalue weighted by Gasteiger charge is -2.10. The van der Waals surface area contributed by atoms with Gasteiger partial charge in [0, 0.05) is 18.9 Å². The molecule has 0 fully saturated rings. The van der Waals surface area contributed by atoms with Gasteiger partial charge in [-0.2, -0.15) is 5.10 Å². The monoisotopic (exact) mass is 323 g/mol. The molecule has 124 valence electrons. The normalized spacial score (nSPS) is 11.2. The molecule has 1 amide bonds. The minimum atomic E-state index is -0.133. The molecule has 0 saturated carbocycles. The number of aromatic nitrogens is 4. The van der Waals surface area contributed by atoms with Gasteiger partial charge in [0.15, 0.2) is 5.65 Å². The zero-order chi connectivity index (χ0) is 17.3. The van der Waals surface area contributed by atoms with Crippen LogP contribution in [0.25, 0.3) is 11.0 Å². The SMILES string of the molecule is Cc1nn(C)c2nc(C(C)C)cc(C(=O)NCc3ccccn3)c12. The Bertz CT molecular complexity index is 883. The quantitative estimate of drug-likeness (QED) is 0.801. The fourth-order valence-corrected chi connectivity index (χ4v) is 2.71. The second kappa shape index (κ2) is 6.39. The van der Waals surface area contributed by atoms with Crippen LogP contribution >= 0.6 is 0 Å². The molecule has 0 radical (unpaired) electrons. The van der Waals surface area contributed by atoms with Gasteiger partial charge in [-0.05, 0) is 31.0 Å². The van der Waals surface area contributed by atoms with Crippen LogP contribution in [0.5, 0.6) is 0 Å². The Morgan fingerprint density at radius 1 is 1.33 bits per heavy atom. The minimum absolute atomic E-state index is 0.133. The Morgan fingerprint density at radius 3 is 2.79 bits per heavy atom. The van der Waals surface area contributed by atoms with Crippen molar-refractivity contribution in [2.75, 3.05) is 0 Å². The van der Waals surface area contributed by atoms with E-state index in [0.717, 1.165) is 28.1 Å². The molecular weight excluding hydrogens is 302 g/mol. The molecule has 3 aromatic rings. The molecule has 1 N–H and O–H groups in total. The average Bonchev–Trinajstić information content (AvgIpc) is 2.87. The van der Waals surface area contributed by atoms with E-state index in [1.54, 1.807) is 10.9 Å². The van der Waals surface area contributed by atoms with Crippen molar-refractivity contribution < 1.29 is 4.79 Å². The maximum Gasteiger partial charge on any atom is 0.252 e. The molecule has 0 saturated heterocycles. The molecule has 0 aliphatic rings. The van der Waals surface area contributed by atoms with Crippen LogP contribution in [0.3, 0.4) is 0 Å². The van der Waals surface area contributed by atoms with Crippen molar-refractivity contribution in [1.82, 2.24) is 25.1 Å². The summed E-state index contributed by atoms with van der Waals surface area (Å²) >= 11 is 0. The van der Waals surface area contributed by atoms with Gasteiger partial charge in [0.1, 0.15) is 0 Å². The maximum absolute atomic E-state index is 12.8. The van der Waals surface area contributed by atoms with Gasteiger partial charge in [-0.3, -0.25) is 14.5 Å². The predicted molar refractivity (Wildman–Crippen MR) is 92.7 cm³/mol. The van der Waals surface area contributed by atoms with Crippen LogP contribution in [-0.4, -0.2) is 25.7 Å². The Kier molecular flexibility index (Phi) is 4.29. The van der Waals surface area contributed by atoms with Crippen molar-refractivity contribution in [2.24, 2.45) is 7.05 Å². The standard InChI is InChI=1S/C18H21N5O/c1-11(2)15-9-14(16-12(3)22-23(4)17(16)21-15)18(24)20-10-13-7-5-6-8-19-13/h5-9,11H,10H2,1-4H3,(H,20,24). The zero-order valence-electron chi connectivity index (χ0n) is 14.4. The number of carbonyl (C=O) groups excluding carboxylic acids is 1. The van der Waals surface area contributed by atoms with E-state index in [4.69, 9.17) is 0 Å². The number of hydrogen-bond acceptors (Lipinski definition) is 4. The van der Waals surface area contributed by atoms with Crippen LogP contribution in [-0.2, 0) is 13.6 Å². The molecular formula is C18H21N5O. The molecule has 0 unspecified atom stereocenters. The molecule has 0 bridgehead atoms. The fraction of sp³-hybridized carbons (Fsp3) is 0.333. The molecule has 3 rings (SSSR count). The van der Waals surface area contributed by atoms with E-state index >= 15 is 0 Å². The van der Waals surface area contributed by atoms with Crippen molar-refractivity contribution in [1.29, 1.82) is 0 Å². The van der Waals surface area contributed by atoms with E-state index in [-0.39, 0.29) is 11.8 Å². The van der Waals surface area contributed by atoms with Crippen LogP contribution in [0, 0.1) is 6.92 Å². The van der Waals surface area contributed by atoms with Gasteiger partial charge in [0.2, 0.25) is 0 Å². The molecule has 6 nitrogen and oxygen atoms in total. The molecule has 3 aromatic heterocycles. The van der Waals surface area contributed by atoms with Gasteiger partial charge in [0.05, 0.1) is 28.9 Å². The summed E-state index contributed by atoms with van der Waals surface area (Å²) in [5, 5.41) is 8.16. The molecule has 0 aliphatic carbocycles. The van der Waals surface area contributed by atoms with Crippen LogP contribution in [0.4, 0.5) is 0 Å². The average molecular weight is 323 g/mol. The van der Waals surface area contributed by atoms with Gasteiger partial charge in [-0.15, -0.1) is 0 Å². The summed E-state index contributed by atoms with van der Waals surface area (Å²) in [5.41, 5.74) is 3.86. The van der Waals surface area contributed by atoms with Crippen LogP contribution in [0.2, 0.25) is 0 Å². The van der Waals surface area contributed by atoms with E-state index in [1.165, 1.54) is 0 Å². The summed E-state index contributed by atoms with van der Waals surface area (Å²) < 4.78 is 1.73. The number of rotatable bonds is 4. The van der Waals surface area contributed by atoms with Crippen LogP contribution < -0.4 is 5.32 Å². The predicted octanol–water partition coefficient (Wildman–Crippen LogP) is 2.73. The van der Waals surface area contributed by atoms with E-state index in [2.05, 4.69) is 34.2 Å². The van der Waals surface area contributed by atoms with Gasteiger partial charge in [-0.1, -0.05) is 19.9 Å². The second-order valence-corrected chi connectivity index (χ2v) is 6.16. The zero-order valence-corrected chi connectivity index (χ0v) is 14.4. The lowest BCUT2D eigenvalue weighted by molar-refractivity contribution is 0.0952. The van der Waals surface area contributed by atoms with Crippen molar-refractivity contribution in [2.45, 2.75) is 33.2 Å². The molecule has 24 heavy (non-hydrogen) atoms. The highest BCUT2D eigenvalue weighted by atomic mass is 16.1. The molecule has 0 spiro atoms. The fourth-order valence-electron chi connectivity index (χ4n) is 2.71. The summed E-state index contributed by atoms with van der Waals surface area (Å²) in [7, 11) is 1.85. The third kappa shape index (κ3) is 2.99. The highest BCUT2D eigenvalue weighted by Crippen LogP contribution is 2.24. The number of nitrogens with one attached hydrogen (secondary N) is 1. The third-order valence-electron chi connectivity index (χ3n) is 3.98. The maximum atomic E-state index is 12.8. The summed E-state index contributed by atoms with van der Waals surface area (Å²) in [6.07, 6.45) is 1.72. The molecule has 0 aliphatic heterocycles. The van der Waals surface area contributed by atoms with E-state index in [0.29, 0.717) is 12.1 Å². The topological polar surface area (TPSA) is 72.7 Å². The highest BCUT2D eigenvalue weighted by molar-refractivity contribution is 6.06. The van der Waals surface area contributed by atoms with E-state index in [9.17, 15) is 4.79 Å². The number of amides is 1. The Morgan fingerprint density at radius 2 is 2.12 bits per heavy atom. The number of fused-ring (bicyclic) bond motifs is 1. The van der Waals surface area contributed by atoms with Crippen molar-refractivity contribution in [3.05, 3.63) is 53.1 Å². The van der Waals surface area contributed by atoms with Crippen molar-refractivity contribution in [3.63, 3.8) is 0 Å². The summed E-state index contributed by atoms with van der Waals surface area (Å²) in [6.45, 7) is 6.41. The molecule has 0 aromatic carbocycles. The summed E-state index contributed by atoms with van der Waals surface area (Å²) in [6, 6.07) is 7.51. The largest absolute Gasteiger partial charge is 0.346 e. The lowest BCUT2D eigenvalue weighted by Crippen LogP contribution is -2.24. The number of pyridine rings is 2. The number of aryl methyl sites for hydroxylation is 2. The first-order valence-corrected chi connectivity index (χ1v) is 7.99. The first-order chi connectivity index (χ1) is 11.5. The molecule has 6 heteroatoms. The molecule has 0 atom stereocenters. The van der Waals surface area contributed by atoms with Gasteiger partial charge < -0.3 is 5.32 Å². The van der Waals surface area contributed by atoms with Crippen LogP contribution in [0.1, 0.15) is 47.2 Å². The number of hydrogen-bond donors (Lipinski definition) is 1. The second-order valence-electron chi connectivity index (χ2n) is 6.16. The van der Waals surface area contributed by atoms with E-state index in [1.807, 2.05) is 38.2 Å². The Hall–Kier alpha value is -2.76. The number of carbonyl (C=O) groups is 1. The summed E-state index contributed by atoms with van der Waals surface area (Å²) in [5.74, 6) is 0.0954. The molecule has 3 heterocycles. The van der Waals surface area contributed by atoms with Crippen molar-refractivity contribution in [3.8, 4) is 0 Å². The van der Waals surface area contributed by atoms with Crippen molar-refractivity contribution >= 4 is 16.9 Å². The van der Waals surface area contributed by atoms with E-state index < -0.39 is 0 Å². The Labute approximate surface area is 140 Å². The lowest BCUT2D eigenvalue weighted by atomic mass is 10.0. The summed E-state index contributed by atoms with van der Waals surface area (Å²) in [4.78, 5) is 21.7. The first-order valence-electron chi connectivity index (χ1n) is 7.99. The van der Waals surface area contributed by atoms with Gasteiger partial charge >= 0.3 is 0 Å². The Balaban J connectivity index is 1.99. The number of nitrogens with zero attached hydrogens (tertiary/aromatic N) is 4. The third-order valence-corrected chi connectivity index (χ3v) is 3.98. The highest BCUT2D eigenvalue weighted by Gasteiger charge is 2.19.